The van der Waals surface area contributed by atoms with Crippen LogP contribution in [0.2, 0.25) is 0 Å². The van der Waals surface area contributed by atoms with Crippen LogP contribution in [0, 0.1) is 17.7 Å². The van der Waals surface area contributed by atoms with E-state index in [-0.39, 0.29) is 35.4 Å². The second-order valence-electron chi connectivity index (χ2n) is 6.27. The molecule has 3 nitrogen and oxygen atoms in total. The van der Waals surface area contributed by atoms with Crippen molar-refractivity contribution in [2.45, 2.75) is 18.9 Å². The Morgan fingerprint density at radius 1 is 0.913 bits per heavy atom. The standard InChI is InChI=1S/C19H16FNO2/c20-14-8-6-13(7-9-14)15-10-16-17(15)19(23)21(18(16)22)11-12-4-2-1-3-5-12/h1-9,15-17H,10-11H2/t15-,16+,17-/m1/s1. The minimum absolute atomic E-state index is 0.0258. The number of halogens is 1. The van der Waals surface area contributed by atoms with Crippen molar-refractivity contribution in [1.82, 2.24) is 4.90 Å². The van der Waals surface area contributed by atoms with Crippen molar-refractivity contribution in [3.05, 3.63) is 71.5 Å². The lowest BCUT2D eigenvalue weighted by Crippen LogP contribution is -2.37. The minimum Gasteiger partial charge on any atom is -0.278 e. The summed E-state index contributed by atoms with van der Waals surface area (Å²) in [5.41, 5.74) is 1.89. The Bertz CT molecular complexity index is 757. The molecule has 0 bridgehead atoms. The number of hydrogen-bond donors (Lipinski definition) is 0. The van der Waals surface area contributed by atoms with Crippen LogP contribution in [0.25, 0.3) is 0 Å². The largest absolute Gasteiger partial charge is 0.278 e. The third-order valence-corrected chi connectivity index (χ3v) is 4.99. The fourth-order valence-electron chi connectivity index (χ4n) is 3.71. The molecule has 4 rings (SSSR count). The van der Waals surface area contributed by atoms with Crippen LogP contribution in [0.4, 0.5) is 4.39 Å². The first-order valence-corrected chi connectivity index (χ1v) is 7.80. The highest BCUT2D eigenvalue weighted by Crippen LogP contribution is 2.52. The summed E-state index contributed by atoms with van der Waals surface area (Å²) in [5.74, 6) is -0.911. The molecule has 4 heteroatoms. The lowest BCUT2D eigenvalue weighted by molar-refractivity contribution is -0.140. The van der Waals surface area contributed by atoms with Crippen LogP contribution in [0.3, 0.4) is 0 Å². The Morgan fingerprint density at radius 3 is 2.30 bits per heavy atom. The van der Waals surface area contributed by atoms with Gasteiger partial charge in [0.25, 0.3) is 0 Å². The first kappa shape index (κ1) is 14.1. The smallest absolute Gasteiger partial charge is 0.234 e. The Hall–Kier alpha value is -2.49. The van der Waals surface area contributed by atoms with E-state index in [0.29, 0.717) is 13.0 Å². The van der Waals surface area contributed by atoms with Gasteiger partial charge >= 0.3 is 0 Å². The first-order chi connectivity index (χ1) is 11.1. The summed E-state index contributed by atoms with van der Waals surface area (Å²) < 4.78 is 13.1. The van der Waals surface area contributed by atoms with Crippen molar-refractivity contribution in [2.75, 3.05) is 0 Å². The molecule has 2 aromatic rings. The maximum Gasteiger partial charge on any atom is 0.234 e. The predicted molar refractivity (Wildman–Crippen MR) is 82.7 cm³/mol. The summed E-state index contributed by atoms with van der Waals surface area (Å²) in [6, 6.07) is 15.8. The molecule has 2 amide bonds. The van der Waals surface area contributed by atoms with Gasteiger partial charge in [0.2, 0.25) is 11.8 Å². The van der Waals surface area contributed by atoms with Crippen molar-refractivity contribution in [3.63, 3.8) is 0 Å². The Morgan fingerprint density at radius 2 is 1.61 bits per heavy atom. The second-order valence-corrected chi connectivity index (χ2v) is 6.27. The van der Waals surface area contributed by atoms with Crippen LogP contribution in [-0.2, 0) is 16.1 Å². The number of fused-ring (bicyclic) bond motifs is 1. The van der Waals surface area contributed by atoms with E-state index in [4.69, 9.17) is 0 Å². The SMILES string of the molecule is O=C1[C@H]2[C@H](C[C@@H]2c2ccc(F)cc2)C(=O)N1Cc1ccccc1. The van der Waals surface area contributed by atoms with Gasteiger partial charge in [-0.1, -0.05) is 42.5 Å². The molecular formula is C19H16FNO2. The van der Waals surface area contributed by atoms with Crippen LogP contribution in [0.5, 0.6) is 0 Å². The maximum absolute atomic E-state index is 13.1. The van der Waals surface area contributed by atoms with Crippen molar-refractivity contribution in [1.29, 1.82) is 0 Å². The minimum atomic E-state index is -0.288. The molecule has 2 fully saturated rings. The fraction of sp³-hybridized carbons (Fsp3) is 0.263. The Balaban J connectivity index is 1.55. The van der Waals surface area contributed by atoms with Gasteiger partial charge in [-0.2, -0.15) is 0 Å². The molecule has 1 heterocycles. The number of hydrogen-bond acceptors (Lipinski definition) is 2. The highest BCUT2D eigenvalue weighted by molar-refractivity contribution is 6.07. The zero-order valence-corrected chi connectivity index (χ0v) is 12.5. The van der Waals surface area contributed by atoms with E-state index in [1.807, 2.05) is 30.3 Å². The summed E-state index contributed by atoms with van der Waals surface area (Å²) in [7, 11) is 0. The van der Waals surface area contributed by atoms with Gasteiger partial charge in [-0.15, -0.1) is 0 Å². The second kappa shape index (κ2) is 5.30. The molecule has 116 valence electrons. The zero-order chi connectivity index (χ0) is 16.0. The molecule has 2 aromatic carbocycles. The first-order valence-electron chi connectivity index (χ1n) is 7.80. The normalized spacial score (nSPS) is 26.1. The molecule has 1 saturated carbocycles. The predicted octanol–water partition coefficient (Wildman–Crippen LogP) is 3.11. The van der Waals surface area contributed by atoms with E-state index < -0.39 is 0 Å². The molecule has 2 aliphatic rings. The van der Waals surface area contributed by atoms with E-state index in [2.05, 4.69) is 0 Å². The number of carbonyl (C=O) groups excluding carboxylic acids is 2. The van der Waals surface area contributed by atoms with Crippen molar-refractivity contribution in [2.24, 2.45) is 11.8 Å². The summed E-state index contributed by atoms with van der Waals surface area (Å²) >= 11 is 0. The molecule has 1 aliphatic heterocycles. The van der Waals surface area contributed by atoms with Crippen LogP contribution >= 0.6 is 0 Å². The van der Waals surface area contributed by atoms with Crippen LogP contribution in [0.15, 0.2) is 54.6 Å². The van der Waals surface area contributed by atoms with Crippen LogP contribution in [0.1, 0.15) is 23.5 Å². The number of likely N-dealkylation sites (tertiary alicyclic amines) is 1. The van der Waals surface area contributed by atoms with Crippen molar-refractivity contribution < 1.29 is 14.0 Å². The average molecular weight is 309 g/mol. The molecular weight excluding hydrogens is 293 g/mol. The van der Waals surface area contributed by atoms with Gasteiger partial charge in [-0.3, -0.25) is 14.5 Å². The van der Waals surface area contributed by atoms with Crippen LogP contribution in [-0.4, -0.2) is 16.7 Å². The third-order valence-electron chi connectivity index (χ3n) is 4.99. The molecule has 0 unspecified atom stereocenters. The summed E-state index contributed by atoms with van der Waals surface area (Å²) in [6.45, 7) is 0.335. The van der Waals surface area contributed by atoms with E-state index >= 15 is 0 Å². The number of rotatable bonds is 3. The highest BCUT2D eigenvalue weighted by Gasteiger charge is 2.58. The lowest BCUT2D eigenvalue weighted by atomic mass is 9.63. The van der Waals surface area contributed by atoms with Gasteiger partial charge in [0.1, 0.15) is 5.82 Å². The van der Waals surface area contributed by atoms with E-state index in [1.165, 1.54) is 17.0 Å². The molecule has 23 heavy (non-hydrogen) atoms. The Labute approximate surface area is 133 Å². The van der Waals surface area contributed by atoms with Gasteiger partial charge in [0.15, 0.2) is 0 Å². The van der Waals surface area contributed by atoms with Crippen molar-refractivity contribution >= 4 is 11.8 Å². The maximum atomic E-state index is 13.1. The van der Waals surface area contributed by atoms with Gasteiger partial charge in [0.05, 0.1) is 18.4 Å². The average Bonchev–Trinajstić information content (AvgIpc) is 2.70. The molecule has 0 spiro atoms. The molecule has 1 saturated heterocycles. The third kappa shape index (κ3) is 2.25. The molecule has 0 radical (unpaired) electrons. The molecule has 0 aromatic heterocycles. The van der Waals surface area contributed by atoms with Gasteiger partial charge < -0.3 is 0 Å². The van der Waals surface area contributed by atoms with E-state index in [1.54, 1.807) is 12.1 Å². The molecule has 1 aliphatic carbocycles. The summed E-state index contributed by atoms with van der Waals surface area (Å²) in [6.07, 6.45) is 0.673. The quantitative estimate of drug-likeness (QED) is 0.817. The van der Waals surface area contributed by atoms with Gasteiger partial charge in [-0.05, 0) is 35.6 Å². The van der Waals surface area contributed by atoms with E-state index in [9.17, 15) is 14.0 Å². The number of nitrogens with zero attached hydrogens (tertiary/aromatic N) is 1. The number of carbonyl (C=O) groups is 2. The van der Waals surface area contributed by atoms with Crippen molar-refractivity contribution in [3.8, 4) is 0 Å². The summed E-state index contributed by atoms with van der Waals surface area (Å²) in [5, 5.41) is 0. The monoisotopic (exact) mass is 309 g/mol. The molecule has 3 atom stereocenters. The van der Waals surface area contributed by atoms with E-state index in [0.717, 1.165) is 11.1 Å². The fourth-order valence-corrected chi connectivity index (χ4v) is 3.71. The lowest BCUT2D eigenvalue weighted by Gasteiger charge is -2.36. The molecule has 0 N–H and O–H groups in total. The summed E-state index contributed by atoms with van der Waals surface area (Å²) in [4.78, 5) is 26.5. The topological polar surface area (TPSA) is 37.4 Å². The highest BCUT2D eigenvalue weighted by atomic mass is 19.1. The number of amides is 2. The Kier molecular flexibility index (Phi) is 3.26. The van der Waals surface area contributed by atoms with Crippen LogP contribution < -0.4 is 0 Å². The number of benzene rings is 2. The van der Waals surface area contributed by atoms with Gasteiger partial charge in [-0.25, -0.2) is 4.39 Å². The zero-order valence-electron chi connectivity index (χ0n) is 12.5. The number of imide groups is 1. The van der Waals surface area contributed by atoms with Gasteiger partial charge in [0, 0.05) is 0 Å².